The van der Waals surface area contributed by atoms with Crippen LogP contribution in [0.4, 0.5) is 0 Å². The average molecular weight is 350 g/mol. The van der Waals surface area contributed by atoms with E-state index in [0.29, 0.717) is 31.0 Å². The van der Waals surface area contributed by atoms with Gasteiger partial charge in [-0.1, -0.05) is 11.6 Å². The lowest BCUT2D eigenvalue weighted by Gasteiger charge is -2.32. The summed E-state index contributed by atoms with van der Waals surface area (Å²) >= 11 is 5.84. The van der Waals surface area contributed by atoms with E-state index in [1.807, 2.05) is 4.98 Å². The fraction of sp³-hybridized carbons (Fsp3) is 0.312. The van der Waals surface area contributed by atoms with Crippen LogP contribution in [-0.4, -0.2) is 40.0 Å². The van der Waals surface area contributed by atoms with Crippen LogP contribution in [0.15, 0.2) is 39.9 Å². The number of hydrogen-bond donors (Lipinski definition) is 2. The second-order valence-electron chi connectivity index (χ2n) is 5.56. The zero-order chi connectivity index (χ0) is 17.1. The van der Waals surface area contributed by atoms with E-state index in [-0.39, 0.29) is 17.7 Å². The van der Waals surface area contributed by atoms with Crippen LogP contribution in [0, 0.1) is 0 Å². The summed E-state index contributed by atoms with van der Waals surface area (Å²) in [4.78, 5) is 40.9. The number of hydrogen-bond acceptors (Lipinski definition) is 4. The quantitative estimate of drug-likeness (QED) is 0.875. The van der Waals surface area contributed by atoms with Gasteiger partial charge in [0.2, 0.25) is 0 Å². The Hall–Kier alpha value is -2.54. The Morgan fingerprint density at radius 1 is 1.12 bits per heavy atom. The Balaban J connectivity index is 1.60. The molecular formula is C16H16ClN3O4. The van der Waals surface area contributed by atoms with E-state index in [2.05, 4.69) is 4.98 Å². The molecule has 24 heavy (non-hydrogen) atoms. The van der Waals surface area contributed by atoms with Crippen molar-refractivity contribution in [1.82, 2.24) is 14.9 Å². The molecule has 2 N–H and O–H groups in total. The summed E-state index contributed by atoms with van der Waals surface area (Å²) in [6.07, 6.45) is 1.34. The second kappa shape index (κ2) is 6.92. The largest absolute Gasteiger partial charge is 0.490 e. The van der Waals surface area contributed by atoms with Crippen molar-refractivity contribution in [2.45, 2.75) is 18.9 Å². The van der Waals surface area contributed by atoms with Gasteiger partial charge in [-0.25, -0.2) is 4.79 Å². The smallest absolute Gasteiger partial charge is 0.326 e. The van der Waals surface area contributed by atoms with Crippen molar-refractivity contribution >= 4 is 17.5 Å². The summed E-state index contributed by atoms with van der Waals surface area (Å²) in [6.45, 7) is 0.984. The van der Waals surface area contributed by atoms with Gasteiger partial charge in [0.25, 0.3) is 11.5 Å². The number of benzene rings is 1. The van der Waals surface area contributed by atoms with Crippen LogP contribution in [-0.2, 0) is 0 Å². The molecule has 0 atom stereocenters. The zero-order valence-electron chi connectivity index (χ0n) is 12.8. The van der Waals surface area contributed by atoms with Gasteiger partial charge in [0, 0.05) is 37.0 Å². The van der Waals surface area contributed by atoms with E-state index in [4.69, 9.17) is 16.3 Å². The third-order valence-electron chi connectivity index (χ3n) is 3.84. The average Bonchev–Trinajstić information content (AvgIpc) is 2.56. The maximum Gasteiger partial charge on any atom is 0.326 e. The highest BCUT2D eigenvalue weighted by atomic mass is 35.5. The van der Waals surface area contributed by atoms with E-state index < -0.39 is 11.2 Å². The molecule has 8 heteroatoms. The van der Waals surface area contributed by atoms with Crippen LogP contribution in [0.2, 0.25) is 5.02 Å². The van der Waals surface area contributed by atoms with Crippen LogP contribution in [0.1, 0.15) is 23.3 Å². The van der Waals surface area contributed by atoms with Crippen molar-refractivity contribution in [3.8, 4) is 5.75 Å². The number of halogens is 1. The fourth-order valence-corrected chi connectivity index (χ4v) is 2.76. The third kappa shape index (κ3) is 3.86. The van der Waals surface area contributed by atoms with Crippen LogP contribution in [0.3, 0.4) is 0 Å². The lowest BCUT2D eigenvalue weighted by atomic mass is 10.1. The molecule has 7 nitrogen and oxygen atoms in total. The predicted octanol–water partition coefficient (Wildman–Crippen LogP) is 1.40. The first-order valence-corrected chi connectivity index (χ1v) is 7.94. The van der Waals surface area contributed by atoms with Crippen LogP contribution < -0.4 is 16.0 Å². The summed E-state index contributed by atoms with van der Waals surface area (Å²) in [7, 11) is 0. The van der Waals surface area contributed by atoms with Crippen molar-refractivity contribution < 1.29 is 9.53 Å². The number of carbonyl (C=O) groups is 1. The van der Waals surface area contributed by atoms with E-state index in [1.165, 1.54) is 0 Å². The topological polar surface area (TPSA) is 95.3 Å². The van der Waals surface area contributed by atoms with E-state index >= 15 is 0 Å². The van der Waals surface area contributed by atoms with Gasteiger partial charge in [0.05, 0.1) is 0 Å². The number of carbonyl (C=O) groups excluding carboxylic acids is 1. The molecule has 126 valence electrons. The molecule has 1 amide bonds. The Morgan fingerprint density at radius 3 is 2.42 bits per heavy atom. The number of amides is 1. The maximum absolute atomic E-state index is 12.4. The highest BCUT2D eigenvalue weighted by Gasteiger charge is 2.25. The van der Waals surface area contributed by atoms with Crippen molar-refractivity contribution in [3.05, 3.63) is 61.9 Å². The Labute approximate surface area is 142 Å². The number of likely N-dealkylation sites (tertiary alicyclic amines) is 1. The van der Waals surface area contributed by atoms with Crippen molar-refractivity contribution in [1.29, 1.82) is 0 Å². The van der Waals surface area contributed by atoms with Gasteiger partial charge in [-0.15, -0.1) is 0 Å². The van der Waals surface area contributed by atoms with Gasteiger partial charge in [0.1, 0.15) is 17.5 Å². The number of aromatic nitrogens is 2. The summed E-state index contributed by atoms with van der Waals surface area (Å²) in [5, 5.41) is 0.648. The Morgan fingerprint density at radius 2 is 1.79 bits per heavy atom. The lowest BCUT2D eigenvalue weighted by Crippen LogP contribution is -2.43. The maximum atomic E-state index is 12.4. The molecule has 1 aromatic heterocycles. The molecule has 1 aromatic carbocycles. The van der Waals surface area contributed by atoms with E-state index in [0.717, 1.165) is 11.8 Å². The van der Waals surface area contributed by atoms with Gasteiger partial charge in [-0.05, 0) is 24.3 Å². The van der Waals surface area contributed by atoms with E-state index in [1.54, 1.807) is 29.2 Å². The van der Waals surface area contributed by atoms with Gasteiger partial charge >= 0.3 is 5.69 Å². The molecule has 1 saturated heterocycles. The number of nitrogens with zero attached hydrogens (tertiary/aromatic N) is 1. The minimum absolute atomic E-state index is 0.000759. The van der Waals surface area contributed by atoms with Gasteiger partial charge in [-0.3, -0.25) is 14.6 Å². The Bertz CT molecular complexity index is 807. The van der Waals surface area contributed by atoms with Gasteiger partial charge in [0.15, 0.2) is 0 Å². The van der Waals surface area contributed by atoms with Crippen molar-refractivity contribution in [2.24, 2.45) is 0 Å². The summed E-state index contributed by atoms with van der Waals surface area (Å²) < 4.78 is 5.87. The molecule has 0 aliphatic carbocycles. The first-order valence-electron chi connectivity index (χ1n) is 7.56. The highest BCUT2D eigenvalue weighted by molar-refractivity contribution is 6.30. The standard InChI is InChI=1S/C16H16ClN3O4/c17-10-1-3-11(4-2-10)24-12-5-7-20(8-6-12)15(22)13-9-14(21)19-16(23)18-13/h1-4,9,12H,5-8H2,(H2,18,19,21,23). The minimum atomic E-state index is -0.688. The van der Waals surface area contributed by atoms with Gasteiger partial charge in [-0.2, -0.15) is 0 Å². The summed E-state index contributed by atoms with van der Waals surface area (Å²) in [5.74, 6) is 0.381. The molecule has 2 heterocycles. The van der Waals surface area contributed by atoms with Crippen LogP contribution in [0.25, 0.3) is 0 Å². The second-order valence-corrected chi connectivity index (χ2v) is 6.00. The molecule has 0 unspecified atom stereocenters. The molecule has 0 radical (unpaired) electrons. The number of nitrogens with one attached hydrogen (secondary N) is 2. The number of piperidine rings is 1. The number of ether oxygens (including phenoxy) is 1. The molecule has 2 aromatic rings. The normalized spacial score (nSPS) is 15.3. The zero-order valence-corrected chi connectivity index (χ0v) is 13.5. The highest BCUT2D eigenvalue weighted by Crippen LogP contribution is 2.21. The predicted molar refractivity (Wildman–Crippen MR) is 88.7 cm³/mol. The monoisotopic (exact) mass is 349 g/mol. The summed E-state index contributed by atoms with van der Waals surface area (Å²) in [6, 6.07) is 8.24. The third-order valence-corrected chi connectivity index (χ3v) is 4.09. The molecule has 0 bridgehead atoms. The molecule has 0 saturated carbocycles. The van der Waals surface area contributed by atoms with Crippen molar-refractivity contribution in [3.63, 3.8) is 0 Å². The molecule has 1 fully saturated rings. The van der Waals surface area contributed by atoms with Gasteiger partial charge < -0.3 is 14.6 Å². The number of H-pyrrole nitrogens is 2. The molecule has 1 aliphatic rings. The molecule has 1 aliphatic heterocycles. The number of aromatic amines is 2. The molecule has 0 spiro atoms. The first kappa shape index (κ1) is 16.3. The minimum Gasteiger partial charge on any atom is -0.490 e. The van der Waals surface area contributed by atoms with Crippen molar-refractivity contribution in [2.75, 3.05) is 13.1 Å². The number of rotatable bonds is 3. The van der Waals surface area contributed by atoms with Crippen LogP contribution >= 0.6 is 11.6 Å². The Kier molecular flexibility index (Phi) is 4.71. The van der Waals surface area contributed by atoms with Crippen LogP contribution in [0.5, 0.6) is 5.75 Å². The SMILES string of the molecule is O=C(c1cc(=O)[nH]c(=O)[nH]1)N1CCC(Oc2ccc(Cl)cc2)CC1. The first-order chi connectivity index (χ1) is 11.5. The molecule has 3 rings (SSSR count). The fourth-order valence-electron chi connectivity index (χ4n) is 2.64. The molecular weight excluding hydrogens is 334 g/mol. The summed E-state index contributed by atoms with van der Waals surface area (Å²) in [5.41, 5.74) is -1.28. The lowest BCUT2D eigenvalue weighted by molar-refractivity contribution is 0.0589. The van der Waals surface area contributed by atoms with E-state index in [9.17, 15) is 14.4 Å².